The van der Waals surface area contributed by atoms with Crippen LogP contribution >= 0.6 is 0 Å². The molecule has 68 valence electrons. The Kier molecular flexibility index (Phi) is 2.65. The van der Waals surface area contributed by atoms with Crippen molar-refractivity contribution in [3.05, 3.63) is 0 Å². The highest BCUT2D eigenvalue weighted by Gasteiger charge is 2.45. The predicted octanol–water partition coefficient (Wildman–Crippen LogP) is -1.12. The number of hydrogen-bond acceptors (Lipinski definition) is 3. The van der Waals surface area contributed by atoms with E-state index in [4.69, 9.17) is 15.6 Å². The van der Waals surface area contributed by atoms with Crippen molar-refractivity contribution in [1.29, 1.82) is 0 Å². The van der Waals surface area contributed by atoms with Crippen LogP contribution in [0.3, 0.4) is 0 Å². The maximum Gasteiger partial charge on any atom is 0.290 e. The zero-order chi connectivity index (χ0) is 9.14. The summed E-state index contributed by atoms with van der Waals surface area (Å²) in [6.45, 7) is 1.86. The van der Waals surface area contributed by atoms with Crippen molar-refractivity contribution >= 4 is 12.4 Å². The number of carboxylic acid groups (broad SMARTS) is 1. The summed E-state index contributed by atoms with van der Waals surface area (Å²) in [5, 5.41) is 6.89. The minimum absolute atomic E-state index is 0.123. The second kappa shape index (κ2) is 3.53. The number of piperidine rings is 1. The SMILES string of the molecule is NC(=O)C1CC2CN2C1.O=CO. The third-order valence-electron chi connectivity index (χ3n) is 2.24. The van der Waals surface area contributed by atoms with Gasteiger partial charge >= 0.3 is 0 Å². The zero-order valence-electron chi connectivity index (χ0n) is 6.64. The highest BCUT2D eigenvalue weighted by molar-refractivity contribution is 5.77. The lowest BCUT2D eigenvalue weighted by atomic mass is 10.1. The third-order valence-corrected chi connectivity index (χ3v) is 2.24. The number of amides is 1. The van der Waals surface area contributed by atoms with Crippen LogP contribution in [0, 0.1) is 5.92 Å². The van der Waals surface area contributed by atoms with E-state index in [0.29, 0.717) is 6.04 Å². The average molecular weight is 172 g/mol. The molecule has 2 fully saturated rings. The van der Waals surface area contributed by atoms with E-state index < -0.39 is 0 Å². The Hall–Kier alpha value is -1.10. The number of nitrogens with zero attached hydrogens (tertiary/aromatic N) is 1. The van der Waals surface area contributed by atoms with Crippen LogP contribution in [0.2, 0.25) is 0 Å². The zero-order valence-corrected chi connectivity index (χ0v) is 6.64. The van der Waals surface area contributed by atoms with Crippen molar-refractivity contribution in [3.63, 3.8) is 0 Å². The van der Waals surface area contributed by atoms with E-state index in [1.165, 1.54) is 6.54 Å². The number of primary amides is 1. The third kappa shape index (κ3) is 1.94. The first-order chi connectivity index (χ1) is 5.69. The molecule has 2 rings (SSSR count). The van der Waals surface area contributed by atoms with Crippen molar-refractivity contribution in [3.8, 4) is 0 Å². The summed E-state index contributed by atoms with van der Waals surface area (Å²) in [5.74, 6) is 0.0333. The topological polar surface area (TPSA) is 83.4 Å². The largest absolute Gasteiger partial charge is 0.483 e. The normalized spacial score (nSPS) is 35.8. The van der Waals surface area contributed by atoms with Crippen LogP contribution in [-0.4, -0.2) is 41.5 Å². The van der Waals surface area contributed by atoms with Crippen molar-refractivity contribution in [1.82, 2.24) is 4.90 Å². The summed E-state index contributed by atoms with van der Waals surface area (Å²) >= 11 is 0. The van der Waals surface area contributed by atoms with Gasteiger partial charge in [0.2, 0.25) is 5.91 Å². The van der Waals surface area contributed by atoms with Crippen LogP contribution in [-0.2, 0) is 9.59 Å². The van der Waals surface area contributed by atoms with Gasteiger partial charge in [-0.3, -0.25) is 14.5 Å². The summed E-state index contributed by atoms with van der Waals surface area (Å²) in [6.07, 6.45) is 1.01. The monoisotopic (exact) mass is 172 g/mol. The van der Waals surface area contributed by atoms with E-state index in [0.717, 1.165) is 13.0 Å². The Balaban J connectivity index is 0.000000213. The second-order valence-corrected chi connectivity index (χ2v) is 3.05. The smallest absolute Gasteiger partial charge is 0.290 e. The van der Waals surface area contributed by atoms with Gasteiger partial charge in [0, 0.05) is 19.1 Å². The maximum atomic E-state index is 10.6. The lowest BCUT2D eigenvalue weighted by Crippen LogP contribution is -2.25. The molecule has 2 heterocycles. The van der Waals surface area contributed by atoms with E-state index in [9.17, 15) is 4.79 Å². The molecule has 2 saturated heterocycles. The van der Waals surface area contributed by atoms with Gasteiger partial charge in [0.1, 0.15) is 0 Å². The summed E-state index contributed by atoms with van der Waals surface area (Å²) in [4.78, 5) is 21.2. The van der Waals surface area contributed by atoms with Crippen LogP contribution < -0.4 is 5.73 Å². The molecule has 0 aromatic carbocycles. The van der Waals surface area contributed by atoms with Crippen molar-refractivity contribution in [2.24, 2.45) is 11.7 Å². The van der Waals surface area contributed by atoms with Crippen LogP contribution in [0.4, 0.5) is 0 Å². The Morgan fingerprint density at radius 3 is 2.42 bits per heavy atom. The summed E-state index contributed by atoms with van der Waals surface area (Å²) < 4.78 is 0. The van der Waals surface area contributed by atoms with Gasteiger partial charge in [0.15, 0.2) is 0 Å². The molecule has 0 saturated carbocycles. The number of rotatable bonds is 1. The molecule has 2 aliphatic rings. The molecule has 5 heteroatoms. The molecule has 2 aliphatic heterocycles. The van der Waals surface area contributed by atoms with Gasteiger partial charge in [-0.05, 0) is 6.42 Å². The summed E-state index contributed by atoms with van der Waals surface area (Å²) in [6, 6.07) is 0.711. The summed E-state index contributed by atoms with van der Waals surface area (Å²) in [5.41, 5.74) is 5.11. The van der Waals surface area contributed by atoms with Crippen molar-refractivity contribution in [2.45, 2.75) is 12.5 Å². The fourth-order valence-corrected chi connectivity index (χ4v) is 1.56. The Bertz CT molecular complexity index is 185. The van der Waals surface area contributed by atoms with Gasteiger partial charge in [-0.15, -0.1) is 0 Å². The van der Waals surface area contributed by atoms with E-state index >= 15 is 0 Å². The van der Waals surface area contributed by atoms with Gasteiger partial charge in [0.05, 0.1) is 5.92 Å². The van der Waals surface area contributed by atoms with Gasteiger partial charge in [0.25, 0.3) is 6.47 Å². The lowest BCUT2D eigenvalue weighted by molar-refractivity contribution is -0.123. The van der Waals surface area contributed by atoms with Crippen molar-refractivity contribution in [2.75, 3.05) is 13.1 Å². The minimum atomic E-state index is -0.250. The van der Waals surface area contributed by atoms with E-state index in [2.05, 4.69) is 4.90 Å². The Labute approximate surface area is 70.1 Å². The van der Waals surface area contributed by atoms with Gasteiger partial charge in [-0.25, -0.2) is 0 Å². The average Bonchev–Trinajstić information content (AvgIpc) is 2.60. The fraction of sp³-hybridized carbons (Fsp3) is 0.714. The molecule has 0 spiro atoms. The molecule has 0 aromatic rings. The molecule has 0 bridgehead atoms. The van der Waals surface area contributed by atoms with Gasteiger partial charge < -0.3 is 10.8 Å². The lowest BCUT2D eigenvalue weighted by Gasteiger charge is -2.03. The highest BCUT2D eigenvalue weighted by Crippen LogP contribution is 2.33. The molecule has 0 radical (unpaired) electrons. The van der Waals surface area contributed by atoms with Gasteiger partial charge in [-0.2, -0.15) is 0 Å². The maximum absolute atomic E-state index is 10.6. The number of carbonyl (C=O) groups is 2. The molecule has 3 N–H and O–H groups in total. The molecule has 3 atom stereocenters. The van der Waals surface area contributed by atoms with Crippen LogP contribution in [0.5, 0.6) is 0 Å². The standard InChI is InChI=1S/C6H10N2O.CH2O2/c7-6(9)4-1-5-3-8(5)2-4;2-1-3/h4-5H,1-3H2,(H2,7,9);1H,(H,2,3). The predicted molar refractivity (Wildman–Crippen MR) is 41.4 cm³/mol. The molecule has 0 aliphatic carbocycles. The Morgan fingerprint density at radius 2 is 2.17 bits per heavy atom. The number of hydrogen-bond donors (Lipinski definition) is 2. The Morgan fingerprint density at radius 1 is 1.58 bits per heavy atom. The minimum Gasteiger partial charge on any atom is -0.483 e. The highest BCUT2D eigenvalue weighted by atomic mass is 16.3. The first kappa shape index (κ1) is 8.99. The van der Waals surface area contributed by atoms with E-state index in [1.807, 2.05) is 0 Å². The molecule has 0 aromatic heterocycles. The molecule has 1 amide bonds. The van der Waals surface area contributed by atoms with E-state index in [1.54, 1.807) is 0 Å². The number of fused-ring (bicyclic) bond motifs is 1. The molecule has 12 heavy (non-hydrogen) atoms. The fourth-order valence-electron chi connectivity index (χ4n) is 1.56. The quantitative estimate of drug-likeness (QED) is 0.387. The summed E-state index contributed by atoms with van der Waals surface area (Å²) in [7, 11) is 0. The van der Waals surface area contributed by atoms with Gasteiger partial charge in [-0.1, -0.05) is 0 Å². The number of carbonyl (C=O) groups excluding carboxylic acids is 1. The molecular weight excluding hydrogens is 160 g/mol. The number of nitrogens with two attached hydrogens (primary N) is 1. The first-order valence-electron chi connectivity index (χ1n) is 3.80. The van der Waals surface area contributed by atoms with Crippen LogP contribution in [0.1, 0.15) is 6.42 Å². The van der Waals surface area contributed by atoms with Crippen LogP contribution in [0.15, 0.2) is 0 Å². The van der Waals surface area contributed by atoms with E-state index in [-0.39, 0.29) is 18.3 Å². The van der Waals surface area contributed by atoms with Crippen molar-refractivity contribution < 1.29 is 14.7 Å². The molecular formula is C7H12N2O3. The first-order valence-corrected chi connectivity index (χ1v) is 3.80. The molecule has 3 unspecified atom stereocenters. The second-order valence-electron chi connectivity index (χ2n) is 3.05. The molecule has 5 nitrogen and oxygen atoms in total. The van der Waals surface area contributed by atoms with Crippen LogP contribution in [0.25, 0.3) is 0 Å².